The molecule has 14 atom stereocenters. The first-order chi connectivity index (χ1) is 24.9. The van der Waals surface area contributed by atoms with Crippen LogP contribution in [0.1, 0.15) is 107 Å². The molecule has 2 N–H and O–H groups in total. The van der Waals surface area contributed by atoms with E-state index in [1.807, 2.05) is 0 Å². The van der Waals surface area contributed by atoms with Gasteiger partial charge in [0.25, 0.3) is 0 Å². The Morgan fingerprint density at radius 1 is 1.00 bits per heavy atom. The van der Waals surface area contributed by atoms with Crippen LogP contribution < -0.4 is 0 Å². The molecule has 10 nitrogen and oxygen atoms in total. The van der Waals surface area contributed by atoms with E-state index in [0.29, 0.717) is 23.7 Å². The number of esters is 1. The van der Waals surface area contributed by atoms with Crippen LogP contribution >= 0.6 is 0 Å². The summed E-state index contributed by atoms with van der Waals surface area (Å²) in [6, 6.07) is 0. The monoisotopic (exact) mass is 745 g/mol. The van der Waals surface area contributed by atoms with Crippen molar-refractivity contribution in [2.75, 3.05) is 59.6 Å². The van der Waals surface area contributed by atoms with Gasteiger partial charge in [0.2, 0.25) is 0 Å². The number of likely N-dealkylation sites (tertiary alicyclic amines) is 1. The highest BCUT2D eigenvalue weighted by Crippen LogP contribution is 2.89. The van der Waals surface area contributed by atoms with Crippen molar-refractivity contribution in [3.05, 3.63) is 0 Å². The lowest BCUT2D eigenvalue weighted by Gasteiger charge is -2.64. The number of rotatable bonds is 10. The summed E-state index contributed by atoms with van der Waals surface area (Å²) >= 11 is 0. The summed E-state index contributed by atoms with van der Waals surface area (Å²) in [6.45, 7) is 24.8. The van der Waals surface area contributed by atoms with E-state index in [-0.39, 0.29) is 52.0 Å². The molecule has 302 valence electrons. The van der Waals surface area contributed by atoms with Gasteiger partial charge >= 0.3 is 5.97 Å². The second kappa shape index (κ2) is 13.4. The van der Waals surface area contributed by atoms with Crippen molar-refractivity contribution in [1.29, 1.82) is 0 Å². The van der Waals surface area contributed by atoms with Crippen molar-refractivity contribution in [3.8, 4) is 0 Å². The molecular weight excluding hydrogens is 672 g/mol. The fraction of sp³-hybridized carbons (Fsp3) is 0.977. The maximum Gasteiger partial charge on any atom is 0.303 e. The van der Waals surface area contributed by atoms with Crippen LogP contribution in [0.3, 0.4) is 0 Å². The van der Waals surface area contributed by atoms with Crippen LogP contribution in [0, 0.1) is 56.7 Å². The summed E-state index contributed by atoms with van der Waals surface area (Å²) in [5.74, 6) is 1.84. The summed E-state index contributed by atoms with van der Waals surface area (Å²) < 4.78 is 31.2. The Bertz CT molecular complexity index is 1380. The van der Waals surface area contributed by atoms with Crippen LogP contribution in [0.4, 0.5) is 0 Å². The first-order valence-electron chi connectivity index (χ1n) is 21.3. The van der Waals surface area contributed by atoms with Crippen LogP contribution in [0.25, 0.3) is 0 Å². The molecule has 3 aliphatic heterocycles. The van der Waals surface area contributed by atoms with Gasteiger partial charge in [-0.15, -0.1) is 0 Å². The number of aliphatic hydroxyl groups excluding tert-OH is 1. The van der Waals surface area contributed by atoms with Gasteiger partial charge in [-0.05, 0) is 116 Å². The van der Waals surface area contributed by atoms with Gasteiger partial charge in [-0.3, -0.25) is 9.69 Å². The second-order valence-electron chi connectivity index (χ2n) is 21.0. The topological polar surface area (TPSA) is 110 Å². The Kier molecular flexibility index (Phi) is 9.83. The zero-order chi connectivity index (χ0) is 37.9. The van der Waals surface area contributed by atoms with Gasteiger partial charge in [0.15, 0.2) is 12.4 Å². The lowest BCUT2D eigenvalue weighted by molar-refractivity contribution is -0.249. The number of hydrogen-bond acceptors (Lipinski definition) is 10. The molecule has 5 saturated carbocycles. The highest BCUT2D eigenvalue weighted by Gasteiger charge is 2.84. The molecular formula is C43H72N2O8. The third kappa shape index (κ3) is 5.86. The molecule has 5 aliphatic carbocycles. The van der Waals surface area contributed by atoms with Crippen LogP contribution in [0.5, 0.6) is 0 Å². The smallest absolute Gasteiger partial charge is 0.303 e. The Morgan fingerprint density at radius 3 is 2.42 bits per heavy atom. The SMILES string of the molecule is COCCN1CC(CN2CCO[C@@H](O[C@H]3CCC45C[C@]46CC[C@]4(C)[C@@H]7C(OC([C@H](OC(C)=O)C(C)(C)O)C[C@H]7C)[C@H](O)[C@@]4(C)C6CC[C@H]5C3(C)C)C2)C1. The van der Waals surface area contributed by atoms with Crippen LogP contribution in [0.15, 0.2) is 0 Å². The number of hydrogen-bond donors (Lipinski definition) is 2. The molecule has 3 saturated heterocycles. The van der Waals surface area contributed by atoms with E-state index in [4.69, 9.17) is 23.7 Å². The Morgan fingerprint density at radius 2 is 1.72 bits per heavy atom. The van der Waals surface area contributed by atoms with E-state index in [1.54, 1.807) is 21.0 Å². The highest BCUT2D eigenvalue weighted by molar-refractivity contribution is 5.66. The maximum atomic E-state index is 12.6. The van der Waals surface area contributed by atoms with Crippen molar-refractivity contribution < 1.29 is 38.7 Å². The number of fused-ring (bicyclic) bond motifs is 4. The van der Waals surface area contributed by atoms with Gasteiger partial charge in [-0.25, -0.2) is 0 Å². The molecule has 2 spiro atoms. The first kappa shape index (κ1) is 39.0. The molecule has 3 heterocycles. The van der Waals surface area contributed by atoms with E-state index in [9.17, 15) is 15.0 Å². The Hall–Kier alpha value is -0.850. The molecule has 0 radical (unpaired) electrons. The molecule has 0 amide bonds. The summed E-state index contributed by atoms with van der Waals surface area (Å²) in [5.41, 5.74) is -0.966. The first-order valence-corrected chi connectivity index (χ1v) is 21.3. The van der Waals surface area contributed by atoms with Crippen LogP contribution in [-0.2, 0) is 28.5 Å². The van der Waals surface area contributed by atoms with E-state index < -0.39 is 29.9 Å². The average Bonchev–Trinajstić information content (AvgIpc) is 3.70. The second-order valence-corrected chi connectivity index (χ2v) is 21.0. The summed E-state index contributed by atoms with van der Waals surface area (Å²) in [6.07, 6.45) is 6.77. The molecule has 8 aliphatic rings. The van der Waals surface area contributed by atoms with Crippen molar-refractivity contribution >= 4 is 5.97 Å². The van der Waals surface area contributed by atoms with Crippen molar-refractivity contribution in [1.82, 2.24) is 9.80 Å². The van der Waals surface area contributed by atoms with Gasteiger partial charge in [0, 0.05) is 58.7 Å². The molecule has 0 aromatic rings. The fourth-order valence-electron chi connectivity index (χ4n) is 15.3. The Labute approximate surface area is 319 Å². The quantitative estimate of drug-likeness (QED) is 0.293. The zero-order valence-corrected chi connectivity index (χ0v) is 34.4. The van der Waals surface area contributed by atoms with E-state index >= 15 is 0 Å². The number of nitrogens with zero attached hydrogens (tertiary/aromatic N) is 2. The predicted octanol–water partition coefficient (Wildman–Crippen LogP) is 5.12. The van der Waals surface area contributed by atoms with Gasteiger partial charge in [0.05, 0.1) is 43.2 Å². The minimum absolute atomic E-state index is 0.0474. The summed E-state index contributed by atoms with van der Waals surface area (Å²) in [7, 11) is 1.78. The highest BCUT2D eigenvalue weighted by atomic mass is 16.7. The number of carbonyl (C=O) groups excluding carboxylic acids is 1. The zero-order valence-electron chi connectivity index (χ0n) is 34.4. The molecule has 4 unspecified atom stereocenters. The lowest BCUT2D eigenvalue weighted by Crippen LogP contribution is -2.60. The van der Waals surface area contributed by atoms with E-state index in [0.717, 1.165) is 77.7 Å². The summed E-state index contributed by atoms with van der Waals surface area (Å²) in [5, 5.41) is 23.7. The predicted molar refractivity (Wildman–Crippen MR) is 201 cm³/mol. The normalized spacial score (nSPS) is 48.7. The fourth-order valence-corrected chi connectivity index (χ4v) is 15.3. The maximum absolute atomic E-state index is 12.6. The van der Waals surface area contributed by atoms with Crippen molar-refractivity contribution in [2.24, 2.45) is 56.7 Å². The van der Waals surface area contributed by atoms with E-state index in [1.165, 1.54) is 32.6 Å². The number of methoxy groups -OCH3 is 1. The average molecular weight is 745 g/mol. The molecule has 53 heavy (non-hydrogen) atoms. The van der Waals surface area contributed by atoms with Gasteiger partial charge < -0.3 is 38.8 Å². The van der Waals surface area contributed by atoms with Crippen molar-refractivity contribution in [2.45, 2.75) is 149 Å². The molecule has 8 rings (SSSR count). The minimum Gasteiger partial charge on any atom is -0.457 e. The van der Waals surface area contributed by atoms with E-state index in [2.05, 4.69) is 44.4 Å². The standard InChI is InChI=1S/C43H72N2O8/c1-26-20-29(37(39(5,6)48)51-27(2)46)52-35-34(26)40(7)14-15-43-25-42(43)13-12-32(38(3,4)30(42)10-11-31(43)41(40,8)36(35)47)53-33-24-45(17-19-50-33)23-28-21-44(22-28)16-18-49-9/h26,28-37,47-48H,10-25H2,1-9H3/t26-,29?,30+,31?,32+,33+,34+,35?,36+,37+,40-,41-,42?,43+/m1/s1. The molecule has 10 heteroatoms. The molecule has 0 bridgehead atoms. The third-order valence-corrected chi connectivity index (χ3v) is 17.7. The largest absolute Gasteiger partial charge is 0.457 e. The van der Waals surface area contributed by atoms with Crippen LogP contribution in [-0.4, -0.2) is 128 Å². The van der Waals surface area contributed by atoms with Gasteiger partial charge in [0.1, 0.15) is 0 Å². The van der Waals surface area contributed by atoms with Crippen molar-refractivity contribution in [3.63, 3.8) is 0 Å². The number of carbonyl (C=O) groups is 1. The van der Waals surface area contributed by atoms with Gasteiger partial charge in [-0.2, -0.15) is 0 Å². The third-order valence-electron chi connectivity index (χ3n) is 17.7. The molecule has 0 aromatic carbocycles. The number of aliphatic hydroxyl groups is 2. The van der Waals surface area contributed by atoms with Gasteiger partial charge in [-0.1, -0.05) is 34.6 Å². The molecule has 0 aromatic heterocycles. The number of ether oxygens (including phenoxy) is 5. The lowest BCUT2D eigenvalue weighted by atomic mass is 9.41. The summed E-state index contributed by atoms with van der Waals surface area (Å²) in [4.78, 5) is 17.2. The minimum atomic E-state index is -1.25. The Balaban J connectivity index is 0.957. The number of morpholine rings is 1. The van der Waals surface area contributed by atoms with Crippen LogP contribution in [0.2, 0.25) is 0 Å². The molecule has 8 fully saturated rings.